The minimum absolute atomic E-state index is 0.0656. The molecule has 0 saturated carbocycles. The fourth-order valence-electron chi connectivity index (χ4n) is 4.95. The van der Waals surface area contributed by atoms with E-state index in [2.05, 4.69) is 4.90 Å². The number of likely N-dealkylation sites (tertiary alicyclic amines) is 2. The molecule has 3 aliphatic rings. The quantitative estimate of drug-likeness (QED) is 0.794. The minimum atomic E-state index is -0.197. The SMILES string of the molecule is O=C(c1ccc2c(c1)OCO2)N1CCC2(CCCN(Cc3ccc(F)cc3)C2)C1. The first-order chi connectivity index (χ1) is 14.1. The molecule has 2 fully saturated rings. The van der Waals surface area contributed by atoms with Gasteiger partial charge in [-0.15, -0.1) is 0 Å². The van der Waals surface area contributed by atoms with E-state index in [0.29, 0.717) is 17.1 Å². The molecular weight excluding hydrogens is 371 g/mol. The van der Waals surface area contributed by atoms with E-state index in [1.807, 2.05) is 29.2 Å². The Bertz CT molecular complexity index is 917. The molecule has 3 heterocycles. The number of fused-ring (bicyclic) bond motifs is 1. The third kappa shape index (κ3) is 3.69. The lowest BCUT2D eigenvalue weighted by Gasteiger charge is -2.40. The Kier molecular flexibility index (Phi) is 4.66. The lowest BCUT2D eigenvalue weighted by molar-refractivity contribution is 0.0675. The fraction of sp³-hybridized carbons (Fsp3) is 0.435. The minimum Gasteiger partial charge on any atom is -0.454 e. The molecule has 5 rings (SSSR count). The molecule has 0 aliphatic carbocycles. The number of nitrogens with zero attached hydrogens (tertiary/aromatic N) is 2. The predicted molar refractivity (Wildman–Crippen MR) is 106 cm³/mol. The van der Waals surface area contributed by atoms with E-state index in [0.717, 1.165) is 57.5 Å². The van der Waals surface area contributed by atoms with Gasteiger partial charge < -0.3 is 14.4 Å². The van der Waals surface area contributed by atoms with Crippen LogP contribution in [0.5, 0.6) is 11.5 Å². The highest BCUT2D eigenvalue weighted by molar-refractivity contribution is 5.95. The van der Waals surface area contributed by atoms with Crippen LogP contribution in [0.4, 0.5) is 4.39 Å². The number of rotatable bonds is 3. The zero-order chi connectivity index (χ0) is 19.8. The van der Waals surface area contributed by atoms with Crippen LogP contribution in [0.25, 0.3) is 0 Å². The second-order valence-electron chi connectivity index (χ2n) is 8.49. The van der Waals surface area contributed by atoms with Crippen LogP contribution in [-0.2, 0) is 6.54 Å². The van der Waals surface area contributed by atoms with Gasteiger partial charge in [-0.05, 0) is 61.7 Å². The number of hydrogen-bond acceptors (Lipinski definition) is 4. The van der Waals surface area contributed by atoms with Crippen LogP contribution in [-0.4, -0.2) is 48.7 Å². The maximum absolute atomic E-state index is 13.2. The van der Waals surface area contributed by atoms with E-state index in [-0.39, 0.29) is 23.9 Å². The van der Waals surface area contributed by atoms with Crippen LogP contribution in [0, 0.1) is 11.2 Å². The van der Waals surface area contributed by atoms with Crippen LogP contribution >= 0.6 is 0 Å². The molecule has 3 aliphatic heterocycles. The largest absolute Gasteiger partial charge is 0.454 e. The summed E-state index contributed by atoms with van der Waals surface area (Å²) in [6, 6.07) is 12.2. The number of ether oxygens (including phenoxy) is 2. The number of amides is 1. The summed E-state index contributed by atoms with van der Waals surface area (Å²) in [6.45, 7) is 4.66. The van der Waals surface area contributed by atoms with Gasteiger partial charge in [0.05, 0.1) is 0 Å². The second-order valence-corrected chi connectivity index (χ2v) is 8.49. The summed E-state index contributed by atoms with van der Waals surface area (Å²) in [5.74, 6) is 1.21. The Morgan fingerprint density at radius 2 is 1.83 bits per heavy atom. The van der Waals surface area contributed by atoms with Crippen molar-refractivity contribution in [3.05, 3.63) is 59.4 Å². The lowest BCUT2D eigenvalue weighted by atomic mass is 9.79. The van der Waals surface area contributed by atoms with Crippen LogP contribution in [0.2, 0.25) is 0 Å². The summed E-state index contributed by atoms with van der Waals surface area (Å²) in [4.78, 5) is 17.5. The van der Waals surface area contributed by atoms with Crippen molar-refractivity contribution in [1.29, 1.82) is 0 Å². The smallest absolute Gasteiger partial charge is 0.254 e. The van der Waals surface area contributed by atoms with Crippen molar-refractivity contribution in [1.82, 2.24) is 9.80 Å². The number of benzene rings is 2. The highest BCUT2D eigenvalue weighted by Crippen LogP contribution is 2.40. The van der Waals surface area contributed by atoms with Crippen LogP contribution < -0.4 is 9.47 Å². The van der Waals surface area contributed by atoms with Gasteiger partial charge in [-0.1, -0.05) is 12.1 Å². The molecular formula is C23H25FN2O3. The van der Waals surface area contributed by atoms with E-state index in [1.165, 1.54) is 12.1 Å². The molecule has 1 unspecified atom stereocenters. The van der Waals surface area contributed by atoms with Gasteiger partial charge in [0, 0.05) is 37.2 Å². The molecule has 0 N–H and O–H groups in total. The predicted octanol–water partition coefficient (Wildman–Crippen LogP) is 3.68. The number of carbonyl (C=O) groups is 1. The number of halogens is 1. The van der Waals surface area contributed by atoms with Crippen molar-refractivity contribution in [2.75, 3.05) is 33.0 Å². The van der Waals surface area contributed by atoms with E-state index >= 15 is 0 Å². The van der Waals surface area contributed by atoms with Crippen molar-refractivity contribution in [2.24, 2.45) is 5.41 Å². The molecule has 0 radical (unpaired) electrons. The van der Waals surface area contributed by atoms with Crippen LogP contribution in [0.3, 0.4) is 0 Å². The van der Waals surface area contributed by atoms with Crippen molar-refractivity contribution < 1.29 is 18.7 Å². The fourth-order valence-corrected chi connectivity index (χ4v) is 4.95. The van der Waals surface area contributed by atoms with Gasteiger partial charge in [-0.2, -0.15) is 0 Å². The van der Waals surface area contributed by atoms with Gasteiger partial charge >= 0.3 is 0 Å². The van der Waals surface area contributed by atoms with Gasteiger partial charge in [0.2, 0.25) is 6.79 Å². The summed E-state index contributed by atoms with van der Waals surface area (Å²) in [7, 11) is 0. The van der Waals surface area contributed by atoms with E-state index in [4.69, 9.17) is 9.47 Å². The molecule has 1 amide bonds. The highest BCUT2D eigenvalue weighted by atomic mass is 19.1. The molecule has 152 valence electrons. The summed E-state index contributed by atoms with van der Waals surface area (Å²) in [5, 5.41) is 0. The van der Waals surface area contributed by atoms with E-state index in [9.17, 15) is 9.18 Å². The van der Waals surface area contributed by atoms with Gasteiger partial charge in [-0.25, -0.2) is 4.39 Å². The van der Waals surface area contributed by atoms with E-state index in [1.54, 1.807) is 6.07 Å². The number of hydrogen-bond donors (Lipinski definition) is 0. The topological polar surface area (TPSA) is 42.0 Å². The van der Waals surface area contributed by atoms with Gasteiger partial charge in [-0.3, -0.25) is 9.69 Å². The van der Waals surface area contributed by atoms with Crippen molar-refractivity contribution in [3.8, 4) is 11.5 Å². The van der Waals surface area contributed by atoms with Gasteiger partial charge in [0.15, 0.2) is 11.5 Å². The molecule has 1 atom stereocenters. The first kappa shape index (κ1) is 18.4. The zero-order valence-corrected chi connectivity index (χ0v) is 16.4. The Hall–Kier alpha value is -2.60. The van der Waals surface area contributed by atoms with Crippen molar-refractivity contribution in [2.45, 2.75) is 25.8 Å². The summed E-state index contributed by atoms with van der Waals surface area (Å²) in [6.07, 6.45) is 3.31. The normalized spacial score (nSPS) is 23.7. The summed E-state index contributed by atoms with van der Waals surface area (Å²) in [5.41, 5.74) is 1.95. The molecule has 0 aromatic heterocycles. The molecule has 2 aromatic carbocycles. The Morgan fingerprint density at radius 1 is 1.00 bits per heavy atom. The average molecular weight is 396 g/mol. The Balaban J connectivity index is 1.25. The maximum Gasteiger partial charge on any atom is 0.254 e. The van der Waals surface area contributed by atoms with Gasteiger partial charge in [0.25, 0.3) is 5.91 Å². The second kappa shape index (κ2) is 7.34. The maximum atomic E-state index is 13.2. The number of piperidine rings is 1. The number of carbonyl (C=O) groups excluding carboxylic acids is 1. The van der Waals surface area contributed by atoms with Gasteiger partial charge in [0.1, 0.15) is 5.82 Å². The van der Waals surface area contributed by atoms with E-state index < -0.39 is 0 Å². The summed E-state index contributed by atoms with van der Waals surface area (Å²) >= 11 is 0. The molecule has 2 aromatic rings. The summed E-state index contributed by atoms with van der Waals surface area (Å²) < 4.78 is 23.9. The third-order valence-corrected chi connectivity index (χ3v) is 6.40. The monoisotopic (exact) mass is 396 g/mol. The molecule has 1 spiro atoms. The molecule has 0 bridgehead atoms. The Morgan fingerprint density at radius 3 is 2.69 bits per heavy atom. The molecule has 5 nitrogen and oxygen atoms in total. The first-order valence-electron chi connectivity index (χ1n) is 10.3. The molecule has 29 heavy (non-hydrogen) atoms. The molecule has 2 saturated heterocycles. The van der Waals surface area contributed by atoms with Crippen LogP contribution in [0.1, 0.15) is 35.2 Å². The first-order valence-corrected chi connectivity index (χ1v) is 10.3. The lowest BCUT2D eigenvalue weighted by Crippen LogP contribution is -2.45. The average Bonchev–Trinajstić information content (AvgIpc) is 3.36. The van der Waals surface area contributed by atoms with Crippen molar-refractivity contribution in [3.63, 3.8) is 0 Å². The third-order valence-electron chi connectivity index (χ3n) is 6.40. The molecule has 6 heteroatoms. The highest BCUT2D eigenvalue weighted by Gasteiger charge is 2.43. The van der Waals surface area contributed by atoms with Crippen LogP contribution in [0.15, 0.2) is 42.5 Å². The Labute approximate surface area is 170 Å². The van der Waals surface area contributed by atoms with Crippen molar-refractivity contribution >= 4 is 5.91 Å². The standard InChI is InChI=1S/C23H25FN2O3/c24-19-5-2-17(3-6-19)13-25-10-1-8-23(14-25)9-11-26(15-23)22(27)18-4-7-20-21(12-18)29-16-28-20/h2-7,12H,1,8-11,13-16H2. The zero-order valence-electron chi connectivity index (χ0n) is 16.4.